The molecule has 54 heavy (non-hydrogen) atoms. The van der Waals surface area contributed by atoms with Crippen molar-refractivity contribution in [2.24, 2.45) is 0 Å². The van der Waals surface area contributed by atoms with Gasteiger partial charge in [-0.05, 0) is 44.3 Å². The van der Waals surface area contributed by atoms with Gasteiger partial charge in [-0.25, -0.2) is 0 Å². The molecule has 1 aliphatic rings. The highest BCUT2D eigenvalue weighted by Crippen LogP contribution is 2.27. The van der Waals surface area contributed by atoms with Crippen LogP contribution in [0.5, 0.6) is 0 Å². The van der Waals surface area contributed by atoms with Gasteiger partial charge in [0.25, 0.3) is 10.1 Å². The van der Waals surface area contributed by atoms with Gasteiger partial charge in [-0.15, -0.1) is 0 Å². The Morgan fingerprint density at radius 3 is 2.19 bits per heavy atom. The topological polar surface area (TPSA) is 186 Å². The van der Waals surface area contributed by atoms with Crippen molar-refractivity contribution in [1.29, 1.82) is 0 Å². The lowest BCUT2D eigenvalue weighted by Crippen LogP contribution is -2.37. The molecule has 1 rings (SSSR count). The fourth-order valence-corrected chi connectivity index (χ4v) is 5.28. The Hall–Kier alpha value is -4.27. The Balaban J connectivity index is 2.63. The van der Waals surface area contributed by atoms with E-state index in [2.05, 4.69) is 43.3 Å². The summed E-state index contributed by atoms with van der Waals surface area (Å²) in [6, 6.07) is 0. The molecule has 0 fully saturated rings. The number of rotatable bonds is 26. The lowest BCUT2D eigenvalue weighted by molar-refractivity contribution is -0.163. The fraction of sp³-hybridized carbons (Fsp3) is 0.561. The van der Waals surface area contributed by atoms with Crippen LogP contribution in [0.15, 0.2) is 72.0 Å². The Morgan fingerprint density at radius 2 is 1.50 bits per heavy atom. The Kier molecular flexibility index (Phi) is 26.6. The Morgan fingerprint density at radius 1 is 0.852 bits per heavy atom. The average molecular weight is 775 g/mol. The second-order valence-corrected chi connectivity index (χ2v) is 13.7. The minimum atomic E-state index is -4.80. The predicted molar refractivity (Wildman–Crippen MR) is 207 cm³/mol. The Bertz CT molecular complexity index is 1520. The summed E-state index contributed by atoms with van der Waals surface area (Å²) in [5, 5.41) is 30.5. The van der Waals surface area contributed by atoms with E-state index in [1.165, 1.54) is 25.7 Å². The van der Waals surface area contributed by atoms with Gasteiger partial charge in [-0.2, -0.15) is 8.42 Å². The summed E-state index contributed by atoms with van der Waals surface area (Å²) in [6.45, 7) is 4.81. The maximum atomic E-state index is 12.7. The first kappa shape index (κ1) is 47.8. The molecule has 0 bridgehead atoms. The van der Waals surface area contributed by atoms with Gasteiger partial charge in [0.1, 0.15) is 19.3 Å². The molecule has 0 aromatic carbocycles. The molecule has 12 nitrogen and oxygen atoms in total. The number of ether oxygens (including phenoxy) is 4. The van der Waals surface area contributed by atoms with E-state index in [1.807, 2.05) is 24.3 Å². The maximum absolute atomic E-state index is 12.7. The molecule has 300 valence electrons. The molecule has 0 amide bonds. The van der Waals surface area contributed by atoms with Crippen LogP contribution >= 0.6 is 0 Å². The lowest BCUT2D eigenvalue weighted by Gasteiger charge is -2.28. The molecule has 0 aromatic heterocycles. The molecule has 0 saturated heterocycles. The number of unbranched alkanes of at least 4 members (excludes halogenated alkanes) is 11. The van der Waals surface area contributed by atoms with Crippen LogP contribution in [0.4, 0.5) is 0 Å². The molecular formula is C41H58O12S. The first-order chi connectivity index (χ1) is 26.0. The second kappa shape index (κ2) is 30.1. The summed E-state index contributed by atoms with van der Waals surface area (Å²) < 4.78 is 52.9. The van der Waals surface area contributed by atoms with Crippen molar-refractivity contribution in [1.82, 2.24) is 0 Å². The molecule has 0 aromatic rings. The predicted octanol–water partition coefficient (Wildman–Crippen LogP) is 7.18. The number of hydrogen-bond acceptors (Lipinski definition) is 11. The number of aliphatic hydroxyl groups excluding tert-OH is 3. The molecular weight excluding hydrogens is 717 g/mol. The lowest BCUT2D eigenvalue weighted by atomic mass is 10.1. The molecule has 3 atom stereocenters. The van der Waals surface area contributed by atoms with Crippen LogP contribution in [0.3, 0.4) is 0 Å². The third-order valence-corrected chi connectivity index (χ3v) is 8.20. The van der Waals surface area contributed by atoms with E-state index < -0.39 is 71.0 Å². The van der Waals surface area contributed by atoms with Crippen LogP contribution in [0, 0.1) is 23.7 Å². The van der Waals surface area contributed by atoms with Gasteiger partial charge < -0.3 is 34.3 Å². The summed E-state index contributed by atoms with van der Waals surface area (Å²) in [7, 11) is -4.80. The van der Waals surface area contributed by atoms with Crippen molar-refractivity contribution in [3.63, 3.8) is 0 Å². The summed E-state index contributed by atoms with van der Waals surface area (Å²) >= 11 is 0. The minimum Gasteiger partial charge on any atom is -0.504 e. The third kappa shape index (κ3) is 24.9. The van der Waals surface area contributed by atoms with Crippen LogP contribution in [-0.4, -0.2) is 71.8 Å². The Labute approximate surface area is 321 Å². The molecule has 1 heterocycles. The molecule has 0 saturated carbocycles. The number of esters is 2. The first-order valence-electron chi connectivity index (χ1n) is 18.7. The van der Waals surface area contributed by atoms with Crippen molar-refractivity contribution in [3.8, 4) is 23.7 Å². The molecule has 0 spiro atoms. The van der Waals surface area contributed by atoms with E-state index in [0.29, 0.717) is 25.7 Å². The highest BCUT2D eigenvalue weighted by Gasteiger charge is 2.37. The monoisotopic (exact) mass is 774 g/mol. The first-order valence-corrected chi connectivity index (χ1v) is 20.2. The van der Waals surface area contributed by atoms with Crippen LogP contribution < -0.4 is 0 Å². The number of allylic oxidation sites excluding steroid dienone is 7. The van der Waals surface area contributed by atoms with Crippen molar-refractivity contribution in [3.05, 3.63) is 72.0 Å². The molecule has 0 aliphatic carbocycles. The zero-order valence-corrected chi connectivity index (χ0v) is 32.3. The van der Waals surface area contributed by atoms with Gasteiger partial charge in [-0.3, -0.25) is 14.1 Å². The standard InChI is InChI=1S/C41H58O12S/c1-3-5-7-9-11-13-15-17-19-21-23-25-27-29-36(42)50-31-34(32-51-41-40(46)39(45)38(44)35(53-41)33-54(47,48)49)52-37(43)30-28-26-24-22-20-18-16-14-12-10-8-6-4-2/h3,5,7-8,10,18,20,33-34,38-39,44-46H,1,4,6,9,11,13,15-17,19,21,23,25-32H2,2H3,(H,47,48,49)/b7-5+,10-8+,20-18-,35-33-/t34-,38+,39-/m1/s1. The summed E-state index contributed by atoms with van der Waals surface area (Å²) in [5.74, 6) is 8.01. The van der Waals surface area contributed by atoms with Crippen LogP contribution in [-0.2, 0) is 38.7 Å². The number of carbonyl (C=O) groups excluding carboxylic acids is 2. The number of aliphatic hydroxyl groups is 3. The van der Waals surface area contributed by atoms with E-state index in [-0.39, 0.29) is 18.2 Å². The normalized spacial score (nSPS) is 17.1. The highest BCUT2D eigenvalue weighted by molar-refractivity contribution is 7.88. The van der Waals surface area contributed by atoms with Gasteiger partial charge in [0.2, 0.25) is 5.76 Å². The van der Waals surface area contributed by atoms with Crippen LogP contribution in [0.1, 0.15) is 116 Å². The SMILES string of the molecule is C=C/C=C/CCCCCCCCCCCC(=O)OC[C@H](COC1=C(O)[C@H](O)[C@@H](O)/C(=C/S(=O)(=O)O)O1)OC(=O)CCCC#C/C=C\CC#C/C=C/CCC. The summed E-state index contributed by atoms with van der Waals surface area (Å²) in [4.78, 5) is 25.1. The molecule has 13 heteroatoms. The van der Waals surface area contributed by atoms with Crippen molar-refractivity contribution < 1.29 is 56.8 Å². The number of carbonyl (C=O) groups is 2. The average Bonchev–Trinajstić information content (AvgIpc) is 3.13. The van der Waals surface area contributed by atoms with E-state index in [0.717, 1.165) is 44.9 Å². The number of hydrogen-bond donors (Lipinski definition) is 4. The largest absolute Gasteiger partial charge is 0.504 e. The van der Waals surface area contributed by atoms with Crippen molar-refractivity contribution in [2.75, 3.05) is 13.2 Å². The van der Waals surface area contributed by atoms with Crippen molar-refractivity contribution >= 4 is 22.1 Å². The van der Waals surface area contributed by atoms with E-state index >= 15 is 0 Å². The highest BCUT2D eigenvalue weighted by atomic mass is 32.2. The van der Waals surface area contributed by atoms with Gasteiger partial charge in [-0.1, -0.05) is 119 Å². The van der Waals surface area contributed by atoms with Crippen LogP contribution in [0.25, 0.3) is 0 Å². The zero-order chi connectivity index (χ0) is 39.9. The van der Waals surface area contributed by atoms with E-state index in [1.54, 1.807) is 12.2 Å². The van der Waals surface area contributed by atoms with Gasteiger partial charge in [0.05, 0.1) is 5.41 Å². The molecule has 4 N–H and O–H groups in total. The second-order valence-electron chi connectivity index (χ2n) is 12.5. The fourth-order valence-electron chi connectivity index (χ4n) is 4.79. The van der Waals surface area contributed by atoms with Gasteiger partial charge >= 0.3 is 17.9 Å². The third-order valence-electron chi connectivity index (χ3n) is 7.67. The maximum Gasteiger partial charge on any atom is 0.327 e. The van der Waals surface area contributed by atoms with E-state index in [9.17, 15) is 33.3 Å². The van der Waals surface area contributed by atoms with Crippen molar-refractivity contribution in [2.45, 2.75) is 134 Å². The molecule has 0 unspecified atom stereocenters. The minimum absolute atomic E-state index is 0.0118. The summed E-state index contributed by atoms with van der Waals surface area (Å²) in [5.41, 5.74) is 0. The summed E-state index contributed by atoms with van der Waals surface area (Å²) in [6.07, 6.45) is 22.2. The van der Waals surface area contributed by atoms with Crippen LogP contribution in [0.2, 0.25) is 0 Å². The molecule has 1 aliphatic heterocycles. The zero-order valence-electron chi connectivity index (χ0n) is 31.5. The molecule has 0 radical (unpaired) electrons. The smallest absolute Gasteiger partial charge is 0.327 e. The van der Waals surface area contributed by atoms with Gasteiger partial charge in [0, 0.05) is 25.7 Å². The van der Waals surface area contributed by atoms with E-state index in [4.69, 9.17) is 23.5 Å². The quantitative estimate of drug-likeness (QED) is 0.0228. The van der Waals surface area contributed by atoms with Gasteiger partial charge in [0.15, 0.2) is 18.0 Å².